The topological polar surface area (TPSA) is 63.6 Å². The molecule has 0 aliphatic heterocycles. The van der Waals surface area contributed by atoms with E-state index >= 15 is 0 Å². The highest BCUT2D eigenvalue weighted by Gasteiger charge is 2.09. The molecule has 0 amide bonds. The van der Waals surface area contributed by atoms with Crippen molar-refractivity contribution in [3.8, 4) is 0 Å². The van der Waals surface area contributed by atoms with E-state index < -0.39 is 5.97 Å². The molecule has 0 fully saturated rings. The SMILES string of the molecule is C=CC(=O)OCCCC.CC(=CC(C)(C)C)C(=O)O. The summed E-state index contributed by atoms with van der Waals surface area (Å²) >= 11 is 0. The highest BCUT2D eigenvalue weighted by atomic mass is 16.5. The molecule has 0 saturated carbocycles. The molecule has 4 nitrogen and oxygen atoms in total. The van der Waals surface area contributed by atoms with Crippen LogP contribution in [0.1, 0.15) is 47.5 Å². The van der Waals surface area contributed by atoms with Crippen molar-refractivity contribution in [2.24, 2.45) is 5.41 Å². The Balaban J connectivity index is 0. The molecule has 0 radical (unpaired) electrons. The second kappa shape index (κ2) is 10.4. The van der Waals surface area contributed by atoms with Crippen LogP contribution in [-0.4, -0.2) is 23.7 Å². The summed E-state index contributed by atoms with van der Waals surface area (Å²) in [7, 11) is 0. The Kier molecular flexibility index (Phi) is 10.8. The van der Waals surface area contributed by atoms with Gasteiger partial charge in [0.2, 0.25) is 0 Å². The van der Waals surface area contributed by atoms with Gasteiger partial charge in [0.05, 0.1) is 6.61 Å². The Morgan fingerprint density at radius 2 is 1.84 bits per heavy atom. The van der Waals surface area contributed by atoms with E-state index in [9.17, 15) is 9.59 Å². The Hall–Kier alpha value is -1.58. The lowest BCUT2D eigenvalue weighted by atomic mass is 9.94. The van der Waals surface area contributed by atoms with Crippen LogP contribution in [0.15, 0.2) is 24.3 Å². The lowest BCUT2D eigenvalue weighted by molar-refractivity contribution is -0.138. The van der Waals surface area contributed by atoms with E-state index in [2.05, 4.69) is 11.3 Å². The molecular weight excluding hydrogens is 244 g/mol. The number of ether oxygens (including phenoxy) is 1. The van der Waals surface area contributed by atoms with Crippen LogP contribution in [0.2, 0.25) is 0 Å². The van der Waals surface area contributed by atoms with Crippen LogP contribution >= 0.6 is 0 Å². The highest BCUT2D eigenvalue weighted by molar-refractivity contribution is 5.85. The number of hydrogen-bond donors (Lipinski definition) is 1. The second-order valence-corrected chi connectivity index (χ2v) is 5.22. The highest BCUT2D eigenvalue weighted by Crippen LogP contribution is 2.17. The molecule has 0 aromatic heterocycles. The molecule has 0 atom stereocenters. The standard InChI is InChI=1S/C8H14O2.C7H12O2/c1-6(7(9)10)5-8(2,3)4;1-3-5-6-9-7(8)4-2/h5H,1-4H3,(H,9,10);4H,2-3,5-6H2,1H3. The van der Waals surface area contributed by atoms with E-state index in [1.165, 1.54) is 6.08 Å². The molecule has 0 bridgehead atoms. The van der Waals surface area contributed by atoms with Crippen LogP contribution in [0.3, 0.4) is 0 Å². The summed E-state index contributed by atoms with van der Waals surface area (Å²) in [5.74, 6) is -1.17. The van der Waals surface area contributed by atoms with E-state index in [-0.39, 0.29) is 11.4 Å². The third-order valence-corrected chi connectivity index (χ3v) is 1.90. The minimum atomic E-state index is -0.838. The maximum Gasteiger partial charge on any atom is 0.330 e. The van der Waals surface area contributed by atoms with Gasteiger partial charge in [-0.25, -0.2) is 9.59 Å². The Bertz CT molecular complexity index is 322. The number of aliphatic carboxylic acids is 1. The molecular formula is C15H26O4. The van der Waals surface area contributed by atoms with Gasteiger partial charge in [0.15, 0.2) is 0 Å². The van der Waals surface area contributed by atoms with Crippen LogP contribution in [0.25, 0.3) is 0 Å². The molecule has 0 heterocycles. The van der Waals surface area contributed by atoms with Gasteiger partial charge in [0.1, 0.15) is 0 Å². The Morgan fingerprint density at radius 1 is 1.32 bits per heavy atom. The first-order chi connectivity index (χ1) is 8.64. The van der Waals surface area contributed by atoms with E-state index in [1.54, 1.807) is 13.0 Å². The molecule has 0 aromatic carbocycles. The lowest BCUT2D eigenvalue weighted by Gasteiger charge is -2.11. The van der Waals surface area contributed by atoms with Crippen molar-refractivity contribution in [2.75, 3.05) is 6.61 Å². The summed E-state index contributed by atoms with van der Waals surface area (Å²) in [4.78, 5) is 20.7. The minimum absolute atomic E-state index is 0.0392. The molecule has 0 aliphatic carbocycles. The number of hydrogen-bond acceptors (Lipinski definition) is 3. The molecule has 1 N–H and O–H groups in total. The van der Waals surface area contributed by atoms with Crippen molar-refractivity contribution in [2.45, 2.75) is 47.5 Å². The lowest BCUT2D eigenvalue weighted by Crippen LogP contribution is -2.05. The summed E-state index contributed by atoms with van der Waals surface area (Å²) in [6, 6.07) is 0. The largest absolute Gasteiger partial charge is 0.478 e. The van der Waals surface area contributed by atoms with Gasteiger partial charge in [-0.3, -0.25) is 0 Å². The summed E-state index contributed by atoms with van der Waals surface area (Å²) in [6.45, 7) is 13.3. The molecule has 110 valence electrons. The molecule has 4 heteroatoms. The average molecular weight is 270 g/mol. The first kappa shape index (κ1) is 19.8. The maximum atomic E-state index is 10.3. The zero-order chi connectivity index (χ0) is 15.5. The van der Waals surface area contributed by atoms with Gasteiger partial charge in [-0.15, -0.1) is 0 Å². The summed E-state index contributed by atoms with van der Waals surface area (Å²) in [6.07, 6.45) is 4.90. The quantitative estimate of drug-likeness (QED) is 0.471. The van der Waals surface area contributed by atoms with Crippen LogP contribution in [0, 0.1) is 5.41 Å². The van der Waals surface area contributed by atoms with Gasteiger partial charge in [-0.2, -0.15) is 0 Å². The zero-order valence-electron chi connectivity index (χ0n) is 12.7. The minimum Gasteiger partial charge on any atom is -0.478 e. The molecule has 19 heavy (non-hydrogen) atoms. The summed E-state index contributed by atoms with van der Waals surface area (Å²) in [5, 5.41) is 8.48. The predicted molar refractivity (Wildman–Crippen MR) is 76.9 cm³/mol. The van der Waals surface area contributed by atoms with Crippen molar-refractivity contribution >= 4 is 11.9 Å². The van der Waals surface area contributed by atoms with Gasteiger partial charge in [-0.1, -0.05) is 46.8 Å². The molecule has 0 spiro atoms. The molecule has 0 aromatic rings. The van der Waals surface area contributed by atoms with Gasteiger partial charge >= 0.3 is 11.9 Å². The third kappa shape index (κ3) is 16.4. The van der Waals surface area contributed by atoms with Crippen molar-refractivity contribution in [3.63, 3.8) is 0 Å². The van der Waals surface area contributed by atoms with Gasteiger partial charge in [0.25, 0.3) is 0 Å². The fourth-order valence-electron chi connectivity index (χ4n) is 1.09. The number of carboxylic acids is 1. The number of allylic oxidation sites excluding steroid dienone is 1. The fraction of sp³-hybridized carbons (Fsp3) is 0.600. The number of carbonyl (C=O) groups is 2. The zero-order valence-corrected chi connectivity index (χ0v) is 12.7. The molecule has 0 rings (SSSR count). The summed E-state index contributed by atoms with van der Waals surface area (Å²) in [5.41, 5.74) is 0.371. The summed E-state index contributed by atoms with van der Waals surface area (Å²) < 4.78 is 4.67. The first-order valence-electron chi connectivity index (χ1n) is 6.36. The van der Waals surface area contributed by atoms with Crippen LogP contribution in [0.5, 0.6) is 0 Å². The number of unbranched alkanes of at least 4 members (excludes halogenated alkanes) is 1. The smallest absolute Gasteiger partial charge is 0.330 e. The second-order valence-electron chi connectivity index (χ2n) is 5.22. The monoisotopic (exact) mass is 270 g/mol. The first-order valence-corrected chi connectivity index (χ1v) is 6.36. The Morgan fingerprint density at radius 3 is 2.11 bits per heavy atom. The van der Waals surface area contributed by atoms with E-state index in [4.69, 9.17) is 5.11 Å². The number of esters is 1. The molecule has 0 saturated heterocycles. The van der Waals surface area contributed by atoms with Crippen molar-refractivity contribution in [1.29, 1.82) is 0 Å². The van der Waals surface area contributed by atoms with Crippen LogP contribution in [0.4, 0.5) is 0 Å². The van der Waals surface area contributed by atoms with Gasteiger partial charge in [-0.05, 0) is 18.8 Å². The van der Waals surface area contributed by atoms with Crippen molar-refractivity contribution < 1.29 is 19.4 Å². The van der Waals surface area contributed by atoms with E-state index in [1.807, 2.05) is 27.7 Å². The van der Waals surface area contributed by atoms with Crippen LogP contribution in [-0.2, 0) is 14.3 Å². The number of carboxylic acid groups (broad SMARTS) is 1. The molecule has 0 aliphatic rings. The predicted octanol–water partition coefficient (Wildman–Crippen LogP) is 3.58. The maximum absolute atomic E-state index is 10.3. The van der Waals surface area contributed by atoms with E-state index in [0.717, 1.165) is 12.8 Å². The fourth-order valence-corrected chi connectivity index (χ4v) is 1.09. The molecule has 0 unspecified atom stereocenters. The third-order valence-electron chi connectivity index (χ3n) is 1.90. The normalized spacial score (nSPS) is 11.1. The van der Waals surface area contributed by atoms with Crippen molar-refractivity contribution in [1.82, 2.24) is 0 Å². The van der Waals surface area contributed by atoms with E-state index in [0.29, 0.717) is 12.2 Å². The van der Waals surface area contributed by atoms with Crippen LogP contribution < -0.4 is 0 Å². The van der Waals surface area contributed by atoms with Gasteiger partial charge in [0, 0.05) is 11.6 Å². The average Bonchev–Trinajstić information content (AvgIpc) is 2.27. The number of carbonyl (C=O) groups excluding carboxylic acids is 1. The van der Waals surface area contributed by atoms with Crippen molar-refractivity contribution in [3.05, 3.63) is 24.3 Å². The number of rotatable bonds is 5. The van der Waals surface area contributed by atoms with Gasteiger partial charge < -0.3 is 9.84 Å². The Labute approximate surface area is 116 Å².